The zero-order valence-electron chi connectivity index (χ0n) is 15.2. The van der Waals surface area contributed by atoms with E-state index in [9.17, 15) is 19.8 Å². The van der Waals surface area contributed by atoms with Gasteiger partial charge in [0.2, 0.25) is 0 Å². The molecule has 3 aliphatic rings. The average Bonchev–Trinajstić information content (AvgIpc) is 2.62. The Balaban J connectivity index is 2.20. The summed E-state index contributed by atoms with van der Waals surface area (Å²) in [6, 6.07) is 0. The molecule has 138 valence electrons. The molecule has 0 aromatic heterocycles. The van der Waals surface area contributed by atoms with Gasteiger partial charge in [0.25, 0.3) is 0 Å². The van der Waals surface area contributed by atoms with E-state index in [0.29, 0.717) is 5.57 Å². The van der Waals surface area contributed by atoms with Crippen LogP contribution in [0.3, 0.4) is 0 Å². The zero-order chi connectivity index (χ0) is 18.0. The molecule has 0 heterocycles. The highest BCUT2D eigenvalue weighted by atomic mass is 16.4. The van der Waals surface area contributed by atoms with Crippen molar-refractivity contribution in [3.8, 4) is 0 Å². The molecule has 2 N–H and O–H groups in total. The monoisotopic (exact) mass is 346 g/mol. The Morgan fingerprint density at radius 2 is 1.40 bits per heavy atom. The van der Waals surface area contributed by atoms with E-state index >= 15 is 0 Å². The van der Waals surface area contributed by atoms with Crippen molar-refractivity contribution in [1.82, 2.24) is 0 Å². The van der Waals surface area contributed by atoms with Crippen LogP contribution in [-0.4, -0.2) is 22.2 Å². The van der Waals surface area contributed by atoms with Gasteiger partial charge in [-0.2, -0.15) is 0 Å². The number of hydrogen-bond acceptors (Lipinski definition) is 2. The molecule has 0 aromatic carbocycles. The highest BCUT2D eigenvalue weighted by Crippen LogP contribution is 2.59. The molecular weight excluding hydrogens is 316 g/mol. The summed E-state index contributed by atoms with van der Waals surface area (Å²) in [5.41, 5.74) is 0.416. The lowest BCUT2D eigenvalue weighted by Crippen LogP contribution is -2.52. The third-order valence-corrected chi connectivity index (χ3v) is 6.92. The van der Waals surface area contributed by atoms with Crippen LogP contribution >= 0.6 is 0 Å². The number of carbonyl (C=O) groups is 2. The summed E-state index contributed by atoms with van der Waals surface area (Å²) in [5.74, 6) is -2.16. The molecular formula is C21H30O4. The molecule has 4 heteroatoms. The van der Waals surface area contributed by atoms with Gasteiger partial charge in [-0.25, -0.2) is 4.79 Å². The van der Waals surface area contributed by atoms with Gasteiger partial charge in [0.15, 0.2) is 0 Å². The molecule has 0 saturated heterocycles. The van der Waals surface area contributed by atoms with Crippen LogP contribution in [0.25, 0.3) is 0 Å². The smallest absolute Gasteiger partial charge is 0.332 e. The van der Waals surface area contributed by atoms with E-state index in [0.717, 1.165) is 56.9 Å². The van der Waals surface area contributed by atoms with Crippen molar-refractivity contribution in [3.63, 3.8) is 0 Å². The van der Waals surface area contributed by atoms with Gasteiger partial charge in [-0.05, 0) is 50.0 Å². The Bertz CT molecular complexity index is 571. The van der Waals surface area contributed by atoms with E-state index in [1.807, 2.05) is 6.92 Å². The number of rotatable bonds is 4. The molecule has 4 nitrogen and oxygen atoms in total. The molecule has 0 radical (unpaired) electrons. The lowest BCUT2D eigenvalue weighted by Gasteiger charge is -2.53. The van der Waals surface area contributed by atoms with Crippen LogP contribution in [0.1, 0.15) is 71.1 Å². The predicted octanol–water partition coefficient (Wildman–Crippen LogP) is 4.81. The van der Waals surface area contributed by atoms with Gasteiger partial charge < -0.3 is 10.2 Å². The van der Waals surface area contributed by atoms with Crippen LogP contribution in [-0.2, 0) is 9.59 Å². The minimum absolute atomic E-state index is 0.163. The number of carboxylic acids is 2. The van der Waals surface area contributed by atoms with E-state index in [1.165, 1.54) is 12.8 Å². The topological polar surface area (TPSA) is 74.6 Å². The lowest BCUT2D eigenvalue weighted by molar-refractivity contribution is -0.150. The van der Waals surface area contributed by atoms with Crippen LogP contribution < -0.4 is 0 Å². The number of aliphatic carboxylic acids is 2. The molecule has 3 aliphatic carbocycles. The predicted molar refractivity (Wildman–Crippen MR) is 96.2 cm³/mol. The number of allylic oxidation sites excluding steroid dienone is 2. The second-order valence-electron chi connectivity index (χ2n) is 8.14. The molecule has 0 amide bonds. The molecule has 1 atom stereocenters. The van der Waals surface area contributed by atoms with E-state index in [2.05, 4.69) is 0 Å². The summed E-state index contributed by atoms with van der Waals surface area (Å²) in [5, 5.41) is 20.2. The van der Waals surface area contributed by atoms with E-state index in [4.69, 9.17) is 0 Å². The molecule has 0 spiro atoms. The molecule has 3 rings (SSSR count). The fraction of sp³-hybridized carbons (Fsp3) is 0.714. The maximum atomic E-state index is 12.3. The summed E-state index contributed by atoms with van der Waals surface area (Å²) in [7, 11) is 0. The van der Waals surface area contributed by atoms with Gasteiger partial charge in [-0.15, -0.1) is 0 Å². The molecule has 25 heavy (non-hydrogen) atoms. The van der Waals surface area contributed by atoms with Crippen molar-refractivity contribution >= 4 is 11.9 Å². The molecule has 0 bridgehead atoms. The third kappa shape index (κ3) is 3.04. The fourth-order valence-electron chi connectivity index (χ4n) is 6.03. The Labute approximate surface area is 150 Å². The van der Waals surface area contributed by atoms with Crippen molar-refractivity contribution in [2.24, 2.45) is 23.2 Å². The first kappa shape index (κ1) is 18.2. The van der Waals surface area contributed by atoms with Gasteiger partial charge in [0, 0.05) is 11.0 Å². The summed E-state index contributed by atoms with van der Waals surface area (Å²) in [6.07, 6.45) is 14.0. The van der Waals surface area contributed by atoms with Crippen LogP contribution in [0.15, 0.2) is 23.3 Å². The second kappa shape index (κ2) is 7.35. The maximum Gasteiger partial charge on any atom is 0.332 e. The summed E-state index contributed by atoms with van der Waals surface area (Å²) >= 11 is 0. The van der Waals surface area contributed by atoms with Gasteiger partial charge >= 0.3 is 11.9 Å². The lowest BCUT2D eigenvalue weighted by atomic mass is 9.49. The molecule has 0 aliphatic heterocycles. The van der Waals surface area contributed by atoms with Crippen molar-refractivity contribution in [1.29, 1.82) is 0 Å². The number of hydrogen-bond donors (Lipinski definition) is 2. The first-order chi connectivity index (χ1) is 12.0. The van der Waals surface area contributed by atoms with Crippen LogP contribution in [0.5, 0.6) is 0 Å². The average molecular weight is 346 g/mol. The van der Waals surface area contributed by atoms with E-state index in [1.54, 1.807) is 12.2 Å². The SMILES string of the molecule is CC1=C(C(=O)O)C(C2CCCCC2)(C2CCCCC2)C(C(=O)O)C=C1. The molecule has 2 saturated carbocycles. The first-order valence-electron chi connectivity index (χ1n) is 9.85. The van der Waals surface area contributed by atoms with E-state index < -0.39 is 23.3 Å². The van der Waals surface area contributed by atoms with Crippen molar-refractivity contribution in [3.05, 3.63) is 23.3 Å². The minimum Gasteiger partial charge on any atom is -0.481 e. The van der Waals surface area contributed by atoms with Crippen molar-refractivity contribution in [2.75, 3.05) is 0 Å². The fourth-order valence-corrected chi connectivity index (χ4v) is 6.03. The minimum atomic E-state index is -0.913. The van der Waals surface area contributed by atoms with Crippen LogP contribution in [0, 0.1) is 23.2 Å². The summed E-state index contributed by atoms with van der Waals surface area (Å²) < 4.78 is 0. The zero-order valence-corrected chi connectivity index (χ0v) is 15.2. The van der Waals surface area contributed by atoms with Crippen LogP contribution in [0.4, 0.5) is 0 Å². The highest BCUT2D eigenvalue weighted by molar-refractivity contribution is 5.93. The highest BCUT2D eigenvalue weighted by Gasteiger charge is 2.58. The maximum absolute atomic E-state index is 12.3. The van der Waals surface area contributed by atoms with Gasteiger partial charge in [-0.3, -0.25) is 4.79 Å². The van der Waals surface area contributed by atoms with Gasteiger partial charge in [-0.1, -0.05) is 50.7 Å². The Morgan fingerprint density at radius 3 is 1.80 bits per heavy atom. The quantitative estimate of drug-likeness (QED) is 0.766. The van der Waals surface area contributed by atoms with Gasteiger partial charge in [0.1, 0.15) is 0 Å². The summed E-state index contributed by atoms with van der Waals surface area (Å²) in [6.45, 7) is 1.85. The Hall–Kier alpha value is -1.58. The standard InChI is InChI=1S/C21H30O4/c1-14-12-13-17(19(22)23)21(18(14)20(24)25,15-8-4-2-5-9-15)16-10-6-3-7-11-16/h12-13,15-17H,2-11H2,1H3,(H,22,23)(H,24,25). The number of carboxylic acid groups (broad SMARTS) is 2. The van der Waals surface area contributed by atoms with Gasteiger partial charge in [0.05, 0.1) is 5.92 Å². The molecule has 2 fully saturated rings. The first-order valence-corrected chi connectivity index (χ1v) is 9.85. The van der Waals surface area contributed by atoms with Crippen molar-refractivity contribution < 1.29 is 19.8 Å². The largest absolute Gasteiger partial charge is 0.481 e. The Morgan fingerprint density at radius 1 is 0.920 bits per heavy atom. The van der Waals surface area contributed by atoms with Crippen LogP contribution in [0.2, 0.25) is 0 Å². The Kier molecular flexibility index (Phi) is 5.35. The second-order valence-corrected chi connectivity index (χ2v) is 8.14. The molecule has 0 aromatic rings. The summed E-state index contributed by atoms with van der Waals surface area (Å²) in [4.78, 5) is 24.6. The normalized spacial score (nSPS) is 28.1. The van der Waals surface area contributed by atoms with Crippen molar-refractivity contribution in [2.45, 2.75) is 71.1 Å². The third-order valence-electron chi connectivity index (χ3n) is 6.92. The molecule has 1 unspecified atom stereocenters. The van der Waals surface area contributed by atoms with E-state index in [-0.39, 0.29) is 11.8 Å².